The van der Waals surface area contributed by atoms with E-state index >= 15 is 0 Å². The van der Waals surface area contributed by atoms with Crippen LogP contribution in [0, 0.1) is 5.92 Å². The molecule has 3 rings (SSSR count). The number of rotatable bonds is 5. The number of carbonyl (C=O) groups excluding carboxylic acids is 1. The molecule has 0 N–H and O–H groups in total. The van der Waals surface area contributed by atoms with Crippen LogP contribution in [0.2, 0.25) is 0 Å². The Labute approximate surface area is 141 Å². The molecule has 4 heteroatoms. The molecule has 1 aromatic carbocycles. The van der Waals surface area contributed by atoms with Gasteiger partial charge in [0.1, 0.15) is 5.75 Å². The molecule has 0 saturated heterocycles. The van der Waals surface area contributed by atoms with Gasteiger partial charge in [-0.05, 0) is 61.8 Å². The van der Waals surface area contributed by atoms with Gasteiger partial charge in [0.25, 0.3) is 0 Å². The summed E-state index contributed by atoms with van der Waals surface area (Å²) in [6.45, 7) is 6.15. The van der Waals surface area contributed by atoms with E-state index < -0.39 is 6.10 Å². The summed E-state index contributed by atoms with van der Waals surface area (Å²) in [5.74, 6) is 0.548. The quantitative estimate of drug-likeness (QED) is 0.741. The molecule has 0 saturated carbocycles. The van der Waals surface area contributed by atoms with E-state index in [1.807, 2.05) is 38.2 Å². The molecule has 1 aliphatic rings. The Morgan fingerprint density at radius 2 is 2.04 bits per heavy atom. The lowest BCUT2D eigenvalue weighted by Gasteiger charge is -2.21. The summed E-state index contributed by atoms with van der Waals surface area (Å²) in [5.41, 5.74) is 1.49. The van der Waals surface area contributed by atoms with Crippen LogP contribution < -0.4 is 4.74 Å². The predicted octanol–water partition coefficient (Wildman–Crippen LogP) is 4.75. The van der Waals surface area contributed by atoms with Crippen LogP contribution in [0.15, 0.2) is 18.2 Å². The summed E-state index contributed by atoms with van der Waals surface area (Å²) in [5, 5.41) is 1.30. The molecular formula is C19H24O3S. The van der Waals surface area contributed by atoms with Crippen LogP contribution in [0.5, 0.6) is 5.75 Å². The van der Waals surface area contributed by atoms with Gasteiger partial charge in [-0.2, -0.15) is 0 Å². The molecule has 1 unspecified atom stereocenters. The number of thiophene rings is 1. The van der Waals surface area contributed by atoms with Crippen molar-refractivity contribution in [1.82, 2.24) is 0 Å². The average Bonchev–Trinajstić information content (AvgIpc) is 2.90. The van der Waals surface area contributed by atoms with Crippen LogP contribution in [0.4, 0.5) is 0 Å². The van der Waals surface area contributed by atoms with Gasteiger partial charge in [-0.3, -0.25) is 0 Å². The fourth-order valence-corrected chi connectivity index (χ4v) is 4.42. The Balaban J connectivity index is 1.88. The lowest BCUT2D eigenvalue weighted by Crippen LogP contribution is -2.34. The van der Waals surface area contributed by atoms with Crippen molar-refractivity contribution in [2.24, 2.45) is 5.92 Å². The van der Waals surface area contributed by atoms with Crippen molar-refractivity contribution in [3.05, 3.63) is 28.6 Å². The summed E-state index contributed by atoms with van der Waals surface area (Å²) < 4.78 is 12.4. The van der Waals surface area contributed by atoms with E-state index in [0.717, 1.165) is 12.2 Å². The van der Waals surface area contributed by atoms with Gasteiger partial charge in [0, 0.05) is 15.5 Å². The Bertz CT molecular complexity index is 702. The molecule has 2 aromatic rings. The third-order valence-electron chi connectivity index (χ3n) is 4.31. The maximum atomic E-state index is 12.1. The number of hydrogen-bond acceptors (Lipinski definition) is 4. The number of benzene rings is 1. The molecule has 3 nitrogen and oxygen atoms in total. The van der Waals surface area contributed by atoms with Crippen molar-refractivity contribution in [1.29, 1.82) is 0 Å². The minimum Gasteiger partial charge on any atom is -0.478 e. The molecule has 1 atom stereocenters. The Morgan fingerprint density at radius 1 is 1.26 bits per heavy atom. The largest absolute Gasteiger partial charge is 0.478 e. The predicted molar refractivity (Wildman–Crippen MR) is 94.4 cm³/mol. The molecule has 23 heavy (non-hydrogen) atoms. The van der Waals surface area contributed by atoms with Crippen molar-refractivity contribution < 1.29 is 14.3 Å². The zero-order valence-corrected chi connectivity index (χ0v) is 14.9. The first-order chi connectivity index (χ1) is 11.1. The lowest BCUT2D eigenvalue weighted by molar-refractivity contribution is -0.153. The van der Waals surface area contributed by atoms with E-state index in [9.17, 15) is 4.79 Å². The van der Waals surface area contributed by atoms with Crippen LogP contribution >= 0.6 is 11.3 Å². The highest BCUT2D eigenvalue weighted by atomic mass is 32.1. The molecule has 0 bridgehead atoms. The minimum absolute atomic E-state index is 0.0705. The van der Waals surface area contributed by atoms with Gasteiger partial charge in [0.2, 0.25) is 0 Å². The molecule has 0 spiro atoms. The molecular weight excluding hydrogens is 308 g/mol. The molecule has 1 aromatic heterocycles. The monoisotopic (exact) mass is 332 g/mol. The molecule has 124 valence electrons. The Kier molecular flexibility index (Phi) is 4.90. The number of hydrogen-bond donors (Lipinski definition) is 0. The van der Waals surface area contributed by atoms with Gasteiger partial charge >= 0.3 is 5.97 Å². The standard InChI is InChI=1S/C19H24O3S/c1-4-21-19(20)18(12(2)3)22-13-9-10-17-15(11-13)14-7-5-6-8-16(14)23-17/h9-12,18H,4-8H2,1-3H3. The van der Waals surface area contributed by atoms with Gasteiger partial charge in [-0.1, -0.05) is 13.8 Å². The maximum Gasteiger partial charge on any atom is 0.347 e. The van der Waals surface area contributed by atoms with Gasteiger partial charge in [0.05, 0.1) is 6.61 Å². The van der Waals surface area contributed by atoms with Gasteiger partial charge in [0.15, 0.2) is 6.10 Å². The first-order valence-electron chi connectivity index (χ1n) is 8.47. The van der Waals surface area contributed by atoms with Gasteiger partial charge < -0.3 is 9.47 Å². The first-order valence-corrected chi connectivity index (χ1v) is 9.29. The zero-order valence-electron chi connectivity index (χ0n) is 14.1. The Hall–Kier alpha value is -1.55. The molecule has 0 aliphatic heterocycles. The SMILES string of the molecule is CCOC(=O)C(Oc1ccc2sc3c(c2c1)CCCC3)C(C)C. The minimum atomic E-state index is -0.554. The number of fused-ring (bicyclic) bond motifs is 3. The highest BCUT2D eigenvalue weighted by molar-refractivity contribution is 7.19. The van der Waals surface area contributed by atoms with Crippen LogP contribution in [-0.4, -0.2) is 18.7 Å². The normalized spacial score (nSPS) is 15.5. The smallest absolute Gasteiger partial charge is 0.347 e. The average molecular weight is 332 g/mol. The summed E-state index contributed by atoms with van der Waals surface area (Å²) >= 11 is 1.90. The topological polar surface area (TPSA) is 35.5 Å². The summed E-state index contributed by atoms with van der Waals surface area (Å²) in [6, 6.07) is 6.19. The molecule has 0 amide bonds. The van der Waals surface area contributed by atoms with E-state index in [1.165, 1.54) is 39.8 Å². The fourth-order valence-electron chi connectivity index (χ4n) is 3.14. The maximum absolute atomic E-state index is 12.1. The lowest BCUT2D eigenvalue weighted by atomic mass is 9.96. The van der Waals surface area contributed by atoms with Crippen molar-refractivity contribution in [2.45, 2.75) is 52.6 Å². The number of aryl methyl sites for hydroxylation is 2. The van der Waals surface area contributed by atoms with E-state index in [0.29, 0.717) is 6.61 Å². The van der Waals surface area contributed by atoms with E-state index in [-0.39, 0.29) is 11.9 Å². The van der Waals surface area contributed by atoms with Crippen LogP contribution in [-0.2, 0) is 22.4 Å². The van der Waals surface area contributed by atoms with Crippen LogP contribution in [0.3, 0.4) is 0 Å². The summed E-state index contributed by atoms with van der Waals surface area (Å²) in [7, 11) is 0. The van der Waals surface area contributed by atoms with Crippen molar-refractivity contribution in [2.75, 3.05) is 6.61 Å². The second kappa shape index (κ2) is 6.91. The highest BCUT2D eigenvalue weighted by Crippen LogP contribution is 2.38. The third-order valence-corrected chi connectivity index (χ3v) is 5.59. The van der Waals surface area contributed by atoms with Gasteiger partial charge in [-0.25, -0.2) is 4.79 Å². The fraction of sp³-hybridized carbons (Fsp3) is 0.526. The van der Waals surface area contributed by atoms with Gasteiger partial charge in [-0.15, -0.1) is 11.3 Å². The van der Waals surface area contributed by atoms with Crippen LogP contribution in [0.1, 0.15) is 44.1 Å². The van der Waals surface area contributed by atoms with Crippen LogP contribution in [0.25, 0.3) is 10.1 Å². The number of carbonyl (C=O) groups is 1. The third kappa shape index (κ3) is 3.37. The summed E-state index contributed by atoms with van der Waals surface area (Å²) in [6.07, 6.45) is 4.36. The zero-order chi connectivity index (χ0) is 16.4. The summed E-state index contributed by atoms with van der Waals surface area (Å²) in [4.78, 5) is 13.6. The first kappa shape index (κ1) is 16.3. The van der Waals surface area contributed by atoms with E-state index in [2.05, 4.69) is 12.1 Å². The molecule has 0 radical (unpaired) electrons. The Morgan fingerprint density at radius 3 is 2.78 bits per heavy atom. The number of esters is 1. The van der Waals surface area contributed by atoms with E-state index in [1.54, 1.807) is 0 Å². The molecule has 1 heterocycles. The molecule has 0 fully saturated rings. The highest BCUT2D eigenvalue weighted by Gasteiger charge is 2.26. The molecule has 1 aliphatic carbocycles. The van der Waals surface area contributed by atoms with Crippen molar-refractivity contribution >= 4 is 27.4 Å². The number of ether oxygens (including phenoxy) is 2. The second-order valence-electron chi connectivity index (χ2n) is 6.40. The van der Waals surface area contributed by atoms with Crippen molar-refractivity contribution in [3.8, 4) is 5.75 Å². The van der Waals surface area contributed by atoms with E-state index in [4.69, 9.17) is 9.47 Å². The van der Waals surface area contributed by atoms with Crippen molar-refractivity contribution in [3.63, 3.8) is 0 Å². The second-order valence-corrected chi connectivity index (χ2v) is 7.54.